The molecule has 0 aliphatic heterocycles. The number of hydrogen-bond donors (Lipinski definition) is 3. The highest BCUT2D eigenvalue weighted by Gasteiger charge is 2.14. The third-order valence-corrected chi connectivity index (χ3v) is 4.36. The summed E-state index contributed by atoms with van der Waals surface area (Å²) in [4.78, 5) is 16.5. The Hall–Kier alpha value is -3.87. The van der Waals surface area contributed by atoms with Crippen molar-refractivity contribution < 1.29 is 9.32 Å². The maximum atomic E-state index is 12.2. The molecule has 0 atom stereocenters. The molecule has 7 heteroatoms. The maximum Gasteiger partial charge on any atom is 0.323 e. The van der Waals surface area contributed by atoms with Crippen molar-refractivity contribution >= 4 is 34.3 Å². The first-order valence-electron chi connectivity index (χ1n) is 8.77. The minimum absolute atomic E-state index is 0.303. The van der Waals surface area contributed by atoms with Crippen LogP contribution in [0.4, 0.5) is 22.0 Å². The molecule has 4 rings (SSSR count). The average molecular weight is 373 g/mol. The van der Waals surface area contributed by atoms with Gasteiger partial charge in [0.25, 0.3) is 5.71 Å². The van der Waals surface area contributed by atoms with Crippen LogP contribution in [0.15, 0.2) is 59.1 Å². The molecule has 0 bridgehead atoms. The van der Waals surface area contributed by atoms with E-state index in [0.717, 1.165) is 28.1 Å². The van der Waals surface area contributed by atoms with Crippen LogP contribution in [0.5, 0.6) is 0 Å². The number of benzene rings is 2. The lowest BCUT2D eigenvalue weighted by Gasteiger charge is -2.09. The standard InChI is InChI=1S/C21H19N5O2/c1-12-3-7-15(8-4-12)24-21(27)25-16-9-5-14(6-10-16)17-11-13(2)23-20-18(17)19(22)26-28-20/h3-11H,1-2H3,(H2,22,26)(H2,24,25,27). The molecule has 7 nitrogen and oxygen atoms in total. The Morgan fingerprint density at radius 3 is 2.21 bits per heavy atom. The molecule has 4 aromatic rings. The summed E-state index contributed by atoms with van der Waals surface area (Å²) < 4.78 is 5.18. The van der Waals surface area contributed by atoms with Crippen LogP contribution in [0.2, 0.25) is 0 Å². The first-order chi connectivity index (χ1) is 13.5. The zero-order chi connectivity index (χ0) is 19.7. The zero-order valence-corrected chi connectivity index (χ0v) is 15.5. The van der Waals surface area contributed by atoms with Gasteiger partial charge in [0.05, 0.1) is 5.39 Å². The molecule has 2 aromatic carbocycles. The molecule has 4 N–H and O–H groups in total. The largest absolute Gasteiger partial charge is 0.380 e. The van der Waals surface area contributed by atoms with Crippen LogP contribution in [-0.4, -0.2) is 16.2 Å². The molecule has 2 aromatic heterocycles. The van der Waals surface area contributed by atoms with Crippen LogP contribution in [0.25, 0.3) is 22.2 Å². The van der Waals surface area contributed by atoms with Crippen molar-refractivity contribution in [2.24, 2.45) is 0 Å². The fourth-order valence-electron chi connectivity index (χ4n) is 2.99. The van der Waals surface area contributed by atoms with Gasteiger partial charge in [0.1, 0.15) is 0 Å². The normalized spacial score (nSPS) is 10.8. The molecule has 0 radical (unpaired) electrons. The second-order valence-electron chi connectivity index (χ2n) is 6.58. The predicted molar refractivity (Wildman–Crippen MR) is 110 cm³/mol. The molecule has 0 aliphatic rings. The topological polar surface area (TPSA) is 106 Å². The van der Waals surface area contributed by atoms with Crippen molar-refractivity contribution in [3.8, 4) is 11.1 Å². The highest BCUT2D eigenvalue weighted by atomic mass is 16.5. The molecule has 2 heterocycles. The van der Waals surface area contributed by atoms with Gasteiger partial charge in [-0.15, -0.1) is 0 Å². The Morgan fingerprint density at radius 2 is 1.57 bits per heavy atom. The summed E-state index contributed by atoms with van der Waals surface area (Å²) >= 11 is 0. The van der Waals surface area contributed by atoms with Gasteiger partial charge in [0, 0.05) is 22.6 Å². The summed E-state index contributed by atoms with van der Waals surface area (Å²) in [5.41, 5.74) is 11.5. The van der Waals surface area contributed by atoms with Crippen LogP contribution in [0, 0.1) is 13.8 Å². The van der Waals surface area contributed by atoms with Gasteiger partial charge in [0.15, 0.2) is 5.82 Å². The Balaban J connectivity index is 1.54. The number of nitrogens with two attached hydrogens (primary N) is 1. The number of aryl methyl sites for hydroxylation is 2. The van der Waals surface area contributed by atoms with Crippen molar-refractivity contribution in [1.29, 1.82) is 0 Å². The highest BCUT2D eigenvalue weighted by Crippen LogP contribution is 2.32. The van der Waals surface area contributed by atoms with Gasteiger partial charge in [-0.1, -0.05) is 35.0 Å². The fraction of sp³-hybridized carbons (Fsp3) is 0.0952. The van der Waals surface area contributed by atoms with Gasteiger partial charge in [-0.2, -0.15) is 0 Å². The number of pyridine rings is 1. The van der Waals surface area contributed by atoms with E-state index in [-0.39, 0.29) is 6.03 Å². The van der Waals surface area contributed by atoms with Crippen LogP contribution >= 0.6 is 0 Å². The van der Waals surface area contributed by atoms with Gasteiger partial charge < -0.3 is 20.9 Å². The second-order valence-corrected chi connectivity index (χ2v) is 6.58. The predicted octanol–water partition coefficient (Wildman–Crippen LogP) is 4.73. The number of amides is 2. The van der Waals surface area contributed by atoms with Crippen molar-refractivity contribution in [2.45, 2.75) is 13.8 Å². The number of urea groups is 1. The molecule has 0 spiro atoms. The molecular formula is C21H19N5O2. The molecule has 0 saturated carbocycles. The number of nitrogens with one attached hydrogen (secondary N) is 2. The highest BCUT2D eigenvalue weighted by molar-refractivity contribution is 6.01. The summed E-state index contributed by atoms with van der Waals surface area (Å²) in [5.74, 6) is 0.303. The summed E-state index contributed by atoms with van der Waals surface area (Å²) in [6.07, 6.45) is 0. The summed E-state index contributed by atoms with van der Waals surface area (Å²) in [6, 6.07) is 16.7. The second kappa shape index (κ2) is 7.03. The number of anilines is 3. The number of aromatic nitrogens is 2. The van der Waals surface area contributed by atoms with Gasteiger partial charge in [-0.25, -0.2) is 9.78 Å². The van der Waals surface area contributed by atoms with E-state index >= 15 is 0 Å². The number of nitrogen functional groups attached to an aromatic ring is 1. The van der Waals surface area contributed by atoms with E-state index in [0.29, 0.717) is 22.6 Å². The third kappa shape index (κ3) is 3.50. The minimum atomic E-state index is -0.304. The lowest BCUT2D eigenvalue weighted by atomic mass is 10.0. The Morgan fingerprint density at radius 1 is 0.964 bits per heavy atom. The number of rotatable bonds is 3. The van der Waals surface area contributed by atoms with E-state index in [1.54, 1.807) is 0 Å². The van der Waals surface area contributed by atoms with E-state index in [2.05, 4.69) is 20.8 Å². The lowest BCUT2D eigenvalue weighted by Crippen LogP contribution is -2.19. The quantitative estimate of drug-likeness (QED) is 0.481. The SMILES string of the molecule is Cc1ccc(NC(=O)Nc2ccc(-c3cc(C)nc4onc(N)c34)cc2)cc1. The Bertz CT molecular complexity index is 1150. The summed E-state index contributed by atoms with van der Waals surface area (Å²) in [5, 5.41) is 10.1. The van der Waals surface area contributed by atoms with E-state index in [9.17, 15) is 4.79 Å². The van der Waals surface area contributed by atoms with Crippen LogP contribution in [0.3, 0.4) is 0 Å². The van der Waals surface area contributed by atoms with Gasteiger partial charge in [-0.3, -0.25) is 0 Å². The summed E-state index contributed by atoms with van der Waals surface area (Å²) in [6.45, 7) is 3.88. The average Bonchev–Trinajstić information content (AvgIpc) is 3.04. The Labute approximate surface area is 161 Å². The van der Waals surface area contributed by atoms with Crippen molar-refractivity contribution in [3.63, 3.8) is 0 Å². The third-order valence-electron chi connectivity index (χ3n) is 4.36. The lowest BCUT2D eigenvalue weighted by molar-refractivity contribution is 0.262. The summed E-state index contributed by atoms with van der Waals surface area (Å²) in [7, 11) is 0. The van der Waals surface area contributed by atoms with E-state index < -0.39 is 0 Å². The molecule has 140 valence electrons. The van der Waals surface area contributed by atoms with Crippen molar-refractivity contribution in [3.05, 3.63) is 65.9 Å². The molecule has 0 unspecified atom stereocenters. The molecule has 2 amide bonds. The smallest absolute Gasteiger partial charge is 0.323 e. The van der Waals surface area contributed by atoms with Crippen molar-refractivity contribution in [2.75, 3.05) is 16.4 Å². The molecule has 0 saturated heterocycles. The number of carbonyl (C=O) groups is 1. The monoisotopic (exact) mass is 373 g/mol. The molecule has 28 heavy (non-hydrogen) atoms. The van der Waals surface area contributed by atoms with Gasteiger partial charge in [-0.05, 0) is 49.7 Å². The number of fused-ring (bicyclic) bond motifs is 1. The zero-order valence-electron chi connectivity index (χ0n) is 15.5. The first-order valence-corrected chi connectivity index (χ1v) is 8.77. The minimum Gasteiger partial charge on any atom is -0.380 e. The van der Waals surface area contributed by atoms with Crippen molar-refractivity contribution in [1.82, 2.24) is 10.1 Å². The van der Waals surface area contributed by atoms with Crippen LogP contribution in [-0.2, 0) is 0 Å². The van der Waals surface area contributed by atoms with Gasteiger partial charge in [0.2, 0.25) is 0 Å². The van der Waals surface area contributed by atoms with E-state index in [1.165, 1.54) is 0 Å². The number of carbonyl (C=O) groups excluding carboxylic acids is 1. The first kappa shape index (κ1) is 17.5. The molecule has 0 aliphatic carbocycles. The number of hydrogen-bond acceptors (Lipinski definition) is 5. The van der Waals surface area contributed by atoms with Crippen LogP contribution in [0.1, 0.15) is 11.3 Å². The fourth-order valence-corrected chi connectivity index (χ4v) is 2.99. The molecular weight excluding hydrogens is 354 g/mol. The van der Waals surface area contributed by atoms with Gasteiger partial charge >= 0.3 is 6.03 Å². The van der Waals surface area contributed by atoms with E-state index in [4.69, 9.17) is 10.3 Å². The maximum absolute atomic E-state index is 12.2. The van der Waals surface area contributed by atoms with E-state index in [1.807, 2.05) is 68.4 Å². The Kier molecular flexibility index (Phi) is 4.41. The van der Waals surface area contributed by atoms with Crippen LogP contribution < -0.4 is 16.4 Å². The number of nitrogens with zero attached hydrogens (tertiary/aromatic N) is 2. The molecule has 0 fully saturated rings.